The Morgan fingerprint density at radius 1 is 1.48 bits per heavy atom. The quantitative estimate of drug-likeness (QED) is 0.924. The summed E-state index contributed by atoms with van der Waals surface area (Å²) < 4.78 is 11.9. The van der Waals surface area contributed by atoms with E-state index in [9.17, 15) is 9.59 Å². The third-order valence-corrected chi connectivity index (χ3v) is 3.87. The number of aryl methyl sites for hydroxylation is 1. The average molecular weight is 290 g/mol. The molecule has 0 saturated carbocycles. The van der Waals surface area contributed by atoms with Crippen molar-refractivity contribution in [1.82, 2.24) is 9.88 Å². The van der Waals surface area contributed by atoms with Gasteiger partial charge in [-0.25, -0.2) is 4.79 Å². The lowest BCUT2D eigenvalue weighted by atomic mass is 10.0. The van der Waals surface area contributed by atoms with Gasteiger partial charge in [0.05, 0.1) is 17.7 Å². The Morgan fingerprint density at radius 2 is 2.33 bits per heavy atom. The van der Waals surface area contributed by atoms with E-state index in [2.05, 4.69) is 5.32 Å². The number of aromatic nitrogens is 1. The summed E-state index contributed by atoms with van der Waals surface area (Å²) in [5.74, 6) is -0.337. The molecule has 112 valence electrons. The van der Waals surface area contributed by atoms with Crippen molar-refractivity contribution in [2.45, 2.75) is 12.8 Å². The number of amides is 1. The summed E-state index contributed by atoms with van der Waals surface area (Å²) in [6.07, 6.45) is 2.09. The highest BCUT2D eigenvalue weighted by atomic mass is 16.5. The molecule has 1 atom stereocenters. The van der Waals surface area contributed by atoms with E-state index in [0.29, 0.717) is 35.7 Å². The summed E-state index contributed by atoms with van der Waals surface area (Å²) in [5, 5.41) is 2.90. The van der Waals surface area contributed by atoms with E-state index in [1.165, 1.54) is 4.57 Å². The summed E-state index contributed by atoms with van der Waals surface area (Å²) in [5.41, 5.74) is 1.35. The number of carbonyl (C=O) groups is 1. The minimum Gasteiger partial charge on any atom is -0.407 e. The molecule has 6 heteroatoms. The second-order valence-corrected chi connectivity index (χ2v) is 5.37. The van der Waals surface area contributed by atoms with Crippen LogP contribution in [0.4, 0.5) is 0 Å². The van der Waals surface area contributed by atoms with Gasteiger partial charge in [-0.05, 0) is 30.9 Å². The lowest BCUT2D eigenvalue weighted by molar-refractivity contribution is 0.0536. The highest BCUT2D eigenvalue weighted by Crippen LogP contribution is 2.18. The van der Waals surface area contributed by atoms with Gasteiger partial charge < -0.3 is 14.5 Å². The fourth-order valence-electron chi connectivity index (χ4n) is 2.63. The van der Waals surface area contributed by atoms with Crippen molar-refractivity contribution in [2.24, 2.45) is 13.0 Å². The molecular weight excluding hydrogens is 272 g/mol. The molecule has 1 saturated heterocycles. The maximum Gasteiger partial charge on any atom is 0.419 e. The van der Waals surface area contributed by atoms with Crippen molar-refractivity contribution in [3.05, 3.63) is 34.3 Å². The van der Waals surface area contributed by atoms with Gasteiger partial charge in [-0.1, -0.05) is 6.07 Å². The number of fused-ring (bicyclic) bond motifs is 1. The van der Waals surface area contributed by atoms with Crippen LogP contribution in [-0.4, -0.2) is 30.2 Å². The zero-order valence-electron chi connectivity index (χ0n) is 11.9. The van der Waals surface area contributed by atoms with Crippen molar-refractivity contribution >= 4 is 17.0 Å². The minimum atomic E-state index is -0.467. The third-order valence-electron chi connectivity index (χ3n) is 3.87. The van der Waals surface area contributed by atoms with E-state index < -0.39 is 5.76 Å². The molecule has 1 aliphatic rings. The number of carbonyl (C=O) groups excluding carboxylic acids is 1. The van der Waals surface area contributed by atoms with E-state index in [4.69, 9.17) is 9.15 Å². The summed E-state index contributed by atoms with van der Waals surface area (Å²) >= 11 is 0. The van der Waals surface area contributed by atoms with Crippen molar-refractivity contribution < 1.29 is 13.9 Å². The van der Waals surface area contributed by atoms with Crippen molar-refractivity contribution in [2.75, 3.05) is 19.8 Å². The van der Waals surface area contributed by atoms with E-state index in [0.717, 1.165) is 19.4 Å². The van der Waals surface area contributed by atoms with Gasteiger partial charge in [0.25, 0.3) is 5.91 Å². The standard InChI is InChI=1S/C15H18N2O4/c1-17-12-6-2-5-11(13(12)21-15(17)19)14(18)16-8-10-4-3-7-20-9-10/h2,5-6,10H,3-4,7-9H2,1H3,(H,16,18)/t10-/m1/s1. The molecular formula is C15H18N2O4. The Kier molecular flexibility index (Phi) is 3.79. The van der Waals surface area contributed by atoms with E-state index in [1.54, 1.807) is 25.2 Å². The van der Waals surface area contributed by atoms with Gasteiger partial charge in [-0.3, -0.25) is 9.36 Å². The molecule has 2 aromatic rings. The first kappa shape index (κ1) is 13.9. The van der Waals surface area contributed by atoms with Crippen LogP contribution in [0.25, 0.3) is 11.1 Å². The van der Waals surface area contributed by atoms with E-state index in [1.807, 2.05) is 0 Å². The second-order valence-electron chi connectivity index (χ2n) is 5.37. The Balaban J connectivity index is 1.78. The summed E-state index contributed by atoms with van der Waals surface area (Å²) in [6.45, 7) is 2.07. The molecule has 1 aromatic carbocycles. The number of nitrogens with one attached hydrogen (secondary N) is 1. The van der Waals surface area contributed by atoms with Crippen LogP contribution in [0.2, 0.25) is 0 Å². The molecule has 1 aliphatic heterocycles. The van der Waals surface area contributed by atoms with Gasteiger partial charge in [-0.15, -0.1) is 0 Å². The molecule has 2 heterocycles. The van der Waals surface area contributed by atoms with Crippen molar-refractivity contribution in [3.63, 3.8) is 0 Å². The molecule has 0 radical (unpaired) electrons. The minimum absolute atomic E-state index is 0.222. The third kappa shape index (κ3) is 2.71. The largest absolute Gasteiger partial charge is 0.419 e. The first-order valence-electron chi connectivity index (χ1n) is 7.11. The Hall–Kier alpha value is -2.08. The highest BCUT2D eigenvalue weighted by molar-refractivity contribution is 6.04. The molecule has 3 rings (SSSR count). The number of rotatable bonds is 3. The molecule has 6 nitrogen and oxygen atoms in total. The molecule has 0 unspecified atom stereocenters. The Labute approximate surface area is 121 Å². The van der Waals surface area contributed by atoms with Crippen molar-refractivity contribution in [1.29, 1.82) is 0 Å². The predicted octanol–water partition coefficient (Wildman–Crippen LogP) is 1.29. The molecule has 1 fully saturated rings. The fourth-order valence-corrected chi connectivity index (χ4v) is 2.63. The zero-order chi connectivity index (χ0) is 14.8. The topological polar surface area (TPSA) is 73.5 Å². The van der Waals surface area contributed by atoms with Gasteiger partial charge in [0, 0.05) is 20.2 Å². The SMILES string of the molecule is Cn1c(=O)oc2c(C(=O)NC[C@H]3CCCOC3)cccc21. The van der Waals surface area contributed by atoms with Gasteiger partial charge >= 0.3 is 5.76 Å². The van der Waals surface area contributed by atoms with Crippen LogP contribution in [-0.2, 0) is 11.8 Å². The normalized spacial score (nSPS) is 18.8. The first-order valence-corrected chi connectivity index (χ1v) is 7.11. The summed E-state index contributed by atoms with van der Waals surface area (Å²) in [7, 11) is 1.62. The average Bonchev–Trinajstić information content (AvgIpc) is 2.81. The predicted molar refractivity (Wildman–Crippen MR) is 77.3 cm³/mol. The maximum atomic E-state index is 12.3. The molecule has 0 spiro atoms. The smallest absolute Gasteiger partial charge is 0.407 e. The Bertz CT molecular complexity index is 710. The van der Waals surface area contributed by atoms with Crippen LogP contribution in [0.15, 0.2) is 27.4 Å². The van der Waals surface area contributed by atoms with Gasteiger partial charge in [-0.2, -0.15) is 0 Å². The molecule has 0 bridgehead atoms. The lowest BCUT2D eigenvalue weighted by Crippen LogP contribution is -2.33. The number of oxazole rings is 1. The lowest BCUT2D eigenvalue weighted by Gasteiger charge is -2.22. The van der Waals surface area contributed by atoms with Gasteiger partial charge in [0.15, 0.2) is 5.58 Å². The maximum absolute atomic E-state index is 12.3. The number of ether oxygens (including phenoxy) is 1. The van der Waals surface area contributed by atoms with E-state index in [-0.39, 0.29) is 5.91 Å². The molecule has 1 aromatic heterocycles. The van der Waals surface area contributed by atoms with Crippen LogP contribution in [0.3, 0.4) is 0 Å². The van der Waals surface area contributed by atoms with Crippen molar-refractivity contribution in [3.8, 4) is 0 Å². The van der Waals surface area contributed by atoms with Gasteiger partial charge in [0.2, 0.25) is 0 Å². The Morgan fingerprint density at radius 3 is 3.10 bits per heavy atom. The zero-order valence-corrected chi connectivity index (χ0v) is 11.9. The second kappa shape index (κ2) is 5.73. The number of benzene rings is 1. The highest BCUT2D eigenvalue weighted by Gasteiger charge is 2.18. The number of hydrogen-bond donors (Lipinski definition) is 1. The first-order chi connectivity index (χ1) is 10.2. The molecule has 1 N–H and O–H groups in total. The van der Waals surface area contributed by atoms with Crippen LogP contribution >= 0.6 is 0 Å². The summed E-state index contributed by atoms with van der Waals surface area (Å²) in [4.78, 5) is 23.9. The molecule has 1 amide bonds. The van der Waals surface area contributed by atoms with Crippen LogP contribution in [0, 0.1) is 5.92 Å². The van der Waals surface area contributed by atoms with Gasteiger partial charge in [0.1, 0.15) is 0 Å². The number of para-hydroxylation sites is 1. The fraction of sp³-hybridized carbons (Fsp3) is 0.467. The van der Waals surface area contributed by atoms with E-state index >= 15 is 0 Å². The number of hydrogen-bond acceptors (Lipinski definition) is 4. The number of nitrogens with zero attached hydrogens (tertiary/aromatic N) is 1. The monoisotopic (exact) mass is 290 g/mol. The van der Waals surface area contributed by atoms with Crippen LogP contribution < -0.4 is 11.1 Å². The molecule has 0 aliphatic carbocycles. The summed E-state index contributed by atoms with van der Waals surface area (Å²) in [6, 6.07) is 5.17. The van der Waals surface area contributed by atoms with Crippen LogP contribution in [0.5, 0.6) is 0 Å². The molecule has 21 heavy (non-hydrogen) atoms. The van der Waals surface area contributed by atoms with Crippen LogP contribution in [0.1, 0.15) is 23.2 Å².